The van der Waals surface area contributed by atoms with Gasteiger partial charge in [0, 0.05) is 18.0 Å². The van der Waals surface area contributed by atoms with E-state index < -0.39 is 0 Å². The molecule has 0 spiro atoms. The highest BCUT2D eigenvalue weighted by atomic mass is 16.0. The third-order valence-electron chi connectivity index (χ3n) is 3.81. The van der Waals surface area contributed by atoms with Crippen LogP contribution in [0.5, 0.6) is 0 Å². The third kappa shape index (κ3) is 6.35. The summed E-state index contributed by atoms with van der Waals surface area (Å²) < 4.78 is 0. The molecule has 1 heterocycles. The van der Waals surface area contributed by atoms with Crippen LogP contribution in [-0.4, -0.2) is 15.4 Å². The van der Waals surface area contributed by atoms with Crippen LogP contribution < -0.4 is 0 Å². The summed E-state index contributed by atoms with van der Waals surface area (Å²) in [7, 11) is 0. The quantitative estimate of drug-likeness (QED) is 0.635. The van der Waals surface area contributed by atoms with Crippen molar-refractivity contribution in [3.63, 3.8) is 0 Å². The minimum Gasteiger partial charge on any atom is -0.412 e. The molecule has 0 aliphatic heterocycles. The average molecular weight is 300 g/mol. The molecule has 1 aromatic carbocycles. The van der Waals surface area contributed by atoms with Crippen LogP contribution in [0.25, 0.3) is 11.4 Å². The number of aryl methyl sites for hydroxylation is 1. The van der Waals surface area contributed by atoms with Crippen molar-refractivity contribution >= 4 is 0 Å². The Balaban J connectivity index is 0.00000242. The predicted octanol–water partition coefficient (Wildman–Crippen LogP) is 4.61. The minimum atomic E-state index is 0. The number of benzene rings is 1. The highest BCUT2D eigenvalue weighted by Crippen LogP contribution is 2.14. The summed E-state index contributed by atoms with van der Waals surface area (Å²) in [5, 5.41) is 0. The molecule has 120 valence electrons. The zero-order valence-electron chi connectivity index (χ0n) is 13.6. The molecule has 0 saturated heterocycles. The van der Waals surface area contributed by atoms with Crippen molar-refractivity contribution in [1.82, 2.24) is 9.97 Å². The Labute approximate surface area is 134 Å². The second-order valence-corrected chi connectivity index (χ2v) is 5.65. The van der Waals surface area contributed by atoms with E-state index in [0.29, 0.717) is 0 Å². The molecule has 0 aliphatic rings. The molecular formula is C19H28N2O. The molecule has 0 saturated carbocycles. The Morgan fingerprint density at radius 2 is 1.36 bits per heavy atom. The van der Waals surface area contributed by atoms with E-state index in [1.54, 1.807) is 0 Å². The van der Waals surface area contributed by atoms with Crippen LogP contribution in [0, 0.1) is 0 Å². The summed E-state index contributed by atoms with van der Waals surface area (Å²) in [6.07, 6.45) is 14.5. The normalized spacial score (nSPS) is 10.2. The lowest BCUT2D eigenvalue weighted by Crippen LogP contribution is -1.93. The lowest BCUT2D eigenvalue weighted by Gasteiger charge is -2.03. The Morgan fingerprint density at radius 1 is 0.773 bits per heavy atom. The van der Waals surface area contributed by atoms with Gasteiger partial charge < -0.3 is 5.48 Å². The maximum Gasteiger partial charge on any atom is 0.159 e. The Morgan fingerprint density at radius 3 is 2.00 bits per heavy atom. The van der Waals surface area contributed by atoms with E-state index in [0.717, 1.165) is 17.8 Å². The van der Waals surface area contributed by atoms with E-state index in [4.69, 9.17) is 0 Å². The van der Waals surface area contributed by atoms with Crippen LogP contribution in [0.2, 0.25) is 0 Å². The fourth-order valence-corrected chi connectivity index (χ4v) is 2.51. The van der Waals surface area contributed by atoms with Gasteiger partial charge in [-0.05, 0) is 18.4 Å². The zero-order chi connectivity index (χ0) is 14.8. The van der Waals surface area contributed by atoms with Crippen molar-refractivity contribution in [2.24, 2.45) is 0 Å². The molecule has 0 unspecified atom stereocenters. The first kappa shape index (κ1) is 18.3. The number of rotatable bonds is 9. The van der Waals surface area contributed by atoms with Crippen molar-refractivity contribution in [2.45, 2.75) is 58.3 Å². The van der Waals surface area contributed by atoms with Gasteiger partial charge in [0.1, 0.15) is 0 Å². The van der Waals surface area contributed by atoms with Crippen LogP contribution in [-0.2, 0) is 6.42 Å². The molecular weight excluding hydrogens is 272 g/mol. The highest BCUT2D eigenvalue weighted by Gasteiger charge is 2.00. The zero-order valence-corrected chi connectivity index (χ0v) is 13.6. The molecule has 1 aromatic heterocycles. The van der Waals surface area contributed by atoms with Gasteiger partial charge in [0.05, 0.1) is 0 Å². The Kier molecular flexibility index (Phi) is 9.08. The van der Waals surface area contributed by atoms with Gasteiger partial charge in [-0.25, -0.2) is 9.97 Å². The van der Waals surface area contributed by atoms with Gasteiger partial charge in [-0.3, -0.25) is 0 Å². The molecule has 0 fully saturated rings. The summed E-state index contributed by atoms with van der Waals surface area (Å²) in [6, 6.07) is 10.1. The molecule has 3 nitrogen and oxygen atoms in total. The Hall–Kier alpha value is -1.74. The lowest BCUT2D eigenvalue weighted by molar-refractivity contribution is 0.589. The second-order valence-electron chi connectivity index (χ2n) is 5.65. The first-order valence-electron chi connectivity index (χ1n) is 8.26. The highest BCUT2D eigenvalue weighted by molar-refractivity contribution is 5.53. The van der Waals surface area contributed by atoms with Gasteiger partial charge in [-0.15, -0.1) is 0 Å². The summed E-state index contributed by atoms with van der Waals surface area (Å²) in [5.41, 5.74) is 2.34. The van der Waals surface area contributed by atoms with Gasteiger partial charge in [0.25, 0.3) is 0 Å². The van der Waals surface area contributed by atoms with Crippen molar-refractivity contribution in [2.75, 3.05) is 0 Å². The molecule has 2 N–H and O–H groups in total. The number of aromatic nitrogens is 2. The van der Waals surface area contributed by atoms with Gasteiger partial charge >= 0.3 is 0 Å². The van der Waals surface area contributed by atoms with Crippen LogP contribution in [0.4, 0.5) is 0 Å². The average Bonchev–Trinajstić information content (AvgIpc) is 2.55. The Bertz CT molecular complexity index is 497. The molecule has 0 radical (unpaired) electrons. The molecule has 0 amide bonds. The number of hydrogen-bond acceptors (Lipinski definition) is 2. The van der Waals surface area contributed by atoms with Gasteiger partial charge in [-0.2, -0.15) is 0 Å². The van der Waals surface area contributed by atoms with E-state index in [-0.39, 0.29) is 5.48 Å². The monoisotopic (exact) mass is 300 g/mol. The van der Waals surface area contributed by atoms with Crippen molar-refractivity contribution in [1.29, 1.82) is 0 Å². The van der Waals surface area contributed by atoms with E-state index >= 15 is 0 Å². The summed E-state index contributed by atoms with van der Waals surface area (Å²) in [6.45, 7) is 2.26. The third-order valence-corrected chi connectivity index (χ3v) is 3.81. The molecule has 3 heteroatoms. The predicted molar refractivity (Wildman–Crippen MR) is 92.8 cm³/mol. The largest absolute Gasteiger partial charge is 0.412 e. The van der Waals surface area contributed by atoms with Gasteiger partial charge in [-0.1, -0.05) is 75.8 Å². The first-order valence-corrected chi connectivity index (χ1v) is 8.26. The van der Waals surface area contributed by atoms with E-state index in [2.05, 4.69) is 16.9 Å². The molecule has 0 aliphatic carbocycles. The summed E-state index contributed by atoms with van der Waals surface area (Å²) in [5.74, 6) is 0.818. The smallest absolute Gasteiger partial charge is 0.159 e. The summed E-state index contributed by atoms with van der Waals surface area (Å²) in [4.78, 5) is 8.95. The van der Waals surface area contributed by atoms with Gasteiger partial charge in [0.2, 0.25) is 0 Å². The molecule has 0 atom stereocenters. The van der Waals surface area contributed by atoms with Crippen molar-refractivity contribution in [3.8, 4) is 11.4 Å². The van der Waals surface area contributed by atoms with E-state index in [1.165, 1.54) is 50.5 Å². The lowest BCUT2D eigenvalue weighted by atomic mass is 10.1. The first-order chi connectivity index (χ1) is 10.4. The van der Waals surface area contributed by atoms with Crippen molar-refractivity contribution < 1.29 is 5.48 Å². The van der Waals surface area contributed by atoms with E-state index in [9.17, 15) is 0 Å². The SMILES string of the molecule is CCCCCCCCCc1cnc(-c2ccccc2)nc1.O. The standard InChI is InChI=1S/C19H26N2.H2O/c1-2-3-4-5-6-7-9-12-17-15-20-19(21-16-17)18-13-10-8-11-14-18;/h8,10-11,13-16H,2-7,9,12H2,1H3;1H2. The maximum absolute atomic E-state index is 4.48. The second kappa shape index (κ2) is 10.9. The molecule has 22 heavy (non-hydrogen) atoms. The molecule has 2 aromatic rings. The fraction of sp³-hybridized carbons (Fsp3) is 0.474. The van der Waals surface area contributed by atoms with Crippen LogP contribution in [0.15, 0.2) is 42.7 Å². The number of unbranched alkanes of at least 4 members (excludes halogenated alkanes) is 6. The molecule has 2 rings (SSSR count). The van der Waals surface area contributed by atoms with Crippen molar-refractivity contribution in [3.05, 3.63) is 48.3 Å². The minimum absolute atomic E-state index is 0. The number of hydrogen-bond donors (Lipinski definition) is 0. The fourth-order valence-electron chi connectivity index (χ4n) is 2.51. The number of nitrogens with zero attached hydrogens (tertiary/aromatic N) is 2. The molecule has 0 bridgehead atoms. The topological polar surface area (TPSA) is 57.3 Å². The van der Waals surface area contributed by atoms with Crippen LogP contribution in [0.3, 0.4) is 0 Å². The van der Waals surface area contributed by atoms with Crippen LogP contribution in [0.1, 0.15) is 57.4 Å². The summed E-state index contributed by atoms with van der Waals surface area (Å²) >= 11 is 0. The van der Waals surface area contributed by atoms with Crippen LogP contribution >= 0.6 is 0 Å². The van der Waals surface area contributed by atoms with Gasteiger partial charge in [0.15, 0.2) is 5.82 Å². The maximum atomic E-state index is 4.48. The van der Waals surface area contributed by atoms with E-state index in [1.807, 2.05) is 42.7 Å².